The van der Waals surface area contributed by atoms with Gasteiger partial charge in [-0.1, -0.05) is 18.0 Å². The van der Waals surface area contributed by atoms with Gasteiger partial charge >= 0.3 is 5.97 Å². The summed E-state index contributed by atoms with van der Waals surface area (Å²) < 4.78 is 40.1. The number of halogens is 1. The topological polar surface area (TPSA) is 134 Å². The minimum Gasteiger partial charge on any atom is -0.452 e. The Hall–Kier alpha value is -2.82. The monoisotopic (exact) mass is 480 g/mol. The summed E-state index contributed by atoms with van der Waals surface area (Å²) >= 11 is 5.80. The molecule has 170 valence electrons. The Labute approximate surface area is 189 Å². The third kappa shape index (κ3) is 4.82. The van der Waals surface area contributed by atoms with Gasteiger partial charge in [0.25, 0.3) is 11.7 Å². The van der Waals surface area contributed by atoms with Crippen LogP contribution in [0.25, 0.3) is 0 Å². The minimum atomic E-state index is -4.12. The van der Waals surface area contributed by atoms with Crippen molar-refractivity contribution < 1.29 is 32.2 Å². The standard InChI is InChI=1S/C21H21ClN2O7S/c22-15-6-4-13(10-18(15)32(23,27)28)20(26)29-12-19(25)24-14-5-7-16-17(11-14)31-21(30-16)8-2-1-3-9-21/h4-7,10-11H,1-3,8-9,12H2,(H,24,25)(H2,23,27,28). The molecule has 1 aliphatic carbocycles. The largest absolute Gasteiger partial charge is 0.452 e. The predicted molar refractivity (Wildman–Crippen MR) is 115 cm³/mol. The van der Waals surface area contributed by atoms with Gasteiger partial charge in [-0.25, -0.2) is 18.4 Å². The highest BCUT2D eigenvalue weighted by Crippen LogP contribution is 2.46. The molecule has 2 aliphatic rings. The van der Waals surface area contributed by atoms with E-state index in [9.17, 15) is 18.0 Å². The van der Waals surface area contributed by atoms with Crippen molar-refractivity contribution in [3.63, 3.8) is 0 Å². The van der Waals surface area contributed by atoms with Gasteiger partial charge in [0.15, 0.2) is 18.1 Å². The molecule has 1 spiro atoms. The van der Waals surface area contributed by atoms with E-state index in [0.717, 1.165) is 38.2 Å². The second-order valence-corrected chi connectivity index (χ2v) is 9.59. The lowest BCUT2D eigenvalue weighted by Crippen LogP contribution is -2.40. The summed E-state index contributed by atoms with van der Waals surface area (Å²) in [6.07, 6.45) is 4.86. The van der Waals surface area contributed by atoms with Crippen LogP contribution >= 0.6 is 11.6 Å². The summed E-state index contributed by atoms with van der Waals surface area (Å²) in [5, 5.41) is 7.57. The van der Waals surface area contributed by atoms with Crippen molar-refractivity contribution in [2.24, 2.45) is 5.14 Å². The van der Waals surface area contributed by atoms with Crippen molar-refractivity contribution >= 4 is 39.2 Å². The number of amides is 1. The van der Waals surface area contributed by atoms with Crippen LogP contribution in [0.1, 0.15) is 42.5 Å². The molecule has 0 unspecified atom stereocenters. The Kier molecular flexibility index (Phi) is 6.02. The average Bonchev–Trinajstić information content (AvgIpc) is 3.08. The molecule has 32 heavy (non-hydrogen) atoms. The van der Waals surface area contributed by atoms with Crippen molar-refractivity contribution in [1.82, 2.24) is 0 Å². The number of nitrogens with one attached hydrogen (secondary N) is 1. The zero-order chi connectivity index (χ0) is 22.9. The molecule has 1 fully saturated rings. The molecule has 0 saturated heterocycles. The van der Waals surface area contributed by atoms with Crippen LogP contribution < -0.4 is 19.9 Å². The number of benzene rings is 2. The number of carbonyl (C=O) groups excluding carboxylic acids is 2. The maximum atomic E-state index is 12.2. The number of fused-ring (bicyclic) bond motifs is 1. The summed E-state index contributed by atoms with van der Waals surface area (Å²) in [5.74, 6) is -0.910. The molecule has 1 heterocycles. The van der Waals surface area contributed by atoms with Gasteiger partial charge in [0.2, 0.25) is 10.0 Å². The van der Waals surface area contributed by atoms with E-state index in [1.807, 2.05) is 0 Å². The zero-order valence-corrected chi connectivity index (χ0v) is 18.5. The van der Waals surface area contributed by atoms with E-state index in [4.69, 9.17) is 31.0 Å². The maximum absolute atomic E-state index is 12.2. The van der Waals surface area contributed by atoms with Crippen LogP contribution in [0.3, 0.4) is 0 Å². The average molecular weight is 481 g/mol. The summed E-state index contributed by atoms with van der Waals surface area (Å²) in [7, 11) is -4.12. The number of primary sulfonamides is 1. The number of nitrogens with two attached hydrogens (primary N) is 1. The fourth-order valence-electron chi connectivity index (χ4n) is 3.73. The van der Waals surface area contributed by atoms with Crippen LogP contribution in [0.2, 0.25) is 5.02 Å². The molecule has 1 aliphatic heterocycles. The lowest BCUT2D eigenvalue weighted by molar-refractivity contribution is -0.119. The summed E-state index contributed by atoms with van der Waals surface area (Å²) in [5.41, 5.74) is 0.358. The molecule has 9 nitrogen and oxygen atoms in total. The van der Waals surface area contributed by atoms with E-state index in [1.165, 1.54) is 12.1 Å². The van der Waals surface area contributed by atoms with Gasteiger partial charge in [-0.15, -0.1) is 0 Å². The first-order chi connectivity index (χ1) is 15.2. The van der Waals surface area contributed by atoms with Gasteiger partial charge < -0.3 is 19.5 Å². The molecule has 0 bridgehead atoms. The van der Waals surface area contributed by atoms with Crippen LogP contribution in [-0.2, 0) is 19.6 Å². The van der Waals surface area contributed by atoms with Crippen LogP contribution in [0.15, 0.2) is 41.3 Å². The zero-order valence-electron chi connectivity index (χ0n) is 16.9. The van der Waals surface area contributed by atoms with Gasteiger partial charge in [0.05, 0.1) is 10.6 Å². The summed E-state index contributed by atoms with van der Waals surface area (Å²) in [6, 6.07) is 8.54. The SMILES string of the molecule is NS(=O)(=O)c1cc(C(=O)OCC(=O)Nc2ccc3c(c2)OC2(CCCCC2)O3)ccc1Cl. The van der Waals surface area contributed by atoms with E-state index in [-0.39, 0.29) is 10.6 Å². The molecule has 0 aromatic heterocycles. The third-order valence-corrected chi connectivity index (χ3v) is 6.63. The first kappa shape index (κ1) is 22.4. The second kappa shape index (κ2) is 8.61. The van der Waals surface area contributed by atoms with E-state index in [1.54, 1.807) is 18.2 Å². The molecule has 3 N–H and O–H groups in total. The highest BCUT2D eigenvalue weighted by molar-refractivity contribution is 7.89. The highest BCUT2D eigenvalue weighted by atomic mass is 35.5. The van der Waals surface area contributed by atoms with Crippen molar-refractivity contribution in [2.75, 3.05) is 11.9 Å². The first-order valence-corrected chi connectivity index (χ1v) is 11.9. The van der Waals surface area contributed by atoms with Crippen LogP contribution in [0, 0.1) is 0 Å². The van der Waals surface area contributed by atoms with E-state index in [0.29, 0.717) is 17.2 Å². The number of carbonyl (C=O) groups is 2. The minimum absolute atomic E-state index is 0.105. The van der Waals surface area contributed by atoms with Crippen LogP contribution in [-0.4, -0.2) is 32.7 Å². The molecule has 11 heteroatoms. The van der Waals surface area contributed by atoms with Gasteiger partial charge in [-0.05, 0) is 43.2 Å². The normalized spacial score (nSPS) is 16.6. The van der Waals surface area contributed by atoms with Crippen molar-refractivity contribution in [3.8, 4) is 11.5 Å². The Balaban J connectivity index is 1.35. The molecular formula is C21H21ClN2O7S. The Morgan fingerprint density at radius 2 is 1.78 bits per heavy atom. The quantitative estimate of drug-likeness (QED) is 0.627. The molecule has 4 rings (SSSR count). The van der Waals surface area contributed by atoms with E-state index < -0.39 is 39.2 Å². The van der Waals surface area contributed by atoms with Crippen LogP contribution in [0.5, 0.6) is 11.5 Å². The van der Waals surface area contributed by atoms with Gasteiger partial charge in [0, 0.05) is 24.6 Å². The van der Waals surface area contributed by atoms with E-state index >= 15 is 0 Å². The lowest BCUT2D eigenvalue weighted by atomic mass is 9.94. The lowest BCUT2D eigenvalue weighted by Gasteiger charge is -2.31. The third-order valence-electron chi connectivity index (χ3n) is 5.24. The Bertz CT molecular complexity index is 1180. The van der Waals surface area contributed by atoms with Gasteiger partial charge in [0.1, 0.15) is 4.90 Å². The van der Waals surface area contributed by atoms with Crippen molar-refractivity contribution in [1.29, 1.82) is 0 Å². The number of sulfonamides is 1. The summed E-state index contributed by atoms with van der Waals surface area (Å²) in [6.45, 7) is -0.579. The van der Waals surface area contributed by atoms with Gasteiger partial charge in [-0.2, -0.15) is 0 Å². The smallest absolute Gasteiger partial charge is 0.338 e. The van der Waals surface area contributed by atoms with Crippen molar-refractivity contribution in [3.05, 3.63) is 47.0 Å². The molecule has 2 aromatic carbocycles. The number of rotatable bonds is 5. The fraction of sp³-hybridized carbons (Fsp3) is 0.333. The van der Waals surface area contributed by atoms with Crippen molar-refractivity contribution in [2.45, 2.75) is 42.8 Å². The summed E-state index contributed by atoms with van der Waals surface area (Å²) in [4.78, 5) is 24.0. The fourth-order valence-corrected chi connectivity index (χ4v) is 4.80. The molecule has 2 aromatic rings. The number of hydrogen-bond donors (Lipinski definition) is 2. The first-order valence-electron chi connectivity index (χ1n) is 9.97. The predicted octanol–water partition coefficient (Wildman–Crippen LogP) is 3.21. The van der Waals surface area contributed by atoms with E-state index in [2.05, 4.69) is 5.32 Å². The van der Waals surface area contributed by atoms with Gasteiger partial charge in [-0.3, -0.25) is 4.79 Å². The maximum Gasteiger partial charge on any atom is 0.338 e. The number of ether oxygens (including phenoxy) is 3. The molecular weight excluding hydrogens is 460 g/mol. The number of hydrogen-bond acceptors (Lipinski definition) is 7. The second-order valence-electron chi connectivity index (χ2n) is 7.65. The van der Waals surface area contributed by atoms with Crippen LogP contribution in [0.4, 0.5) is 5.69 Å². The Morgan fingerprint density at radius 3 is 2.50 bits per heavy atom. The molecule has 0 atom stereocenters. The Morgan fingerprint density at radius 1 is 1.06 bits per heavy atom. The molecule has 1 saturated carbocycles. The molecule has 0 radical (unpaired) electrons. The highest BCUT2D eigenvalue weighted by Gasteiger charge is 2.42. The number of esters is 1. The number of anilines is 1. The molecule has 1 amide bonds.